The Morgan fingerprint density at radius 1 is 1.08 bits per heavy atom. The lowest BCUT2D eigenvalue weighted by Crippen LogP contribution is -2.48. The number of aryl methyl sites for hydroxylation is 4. The zero-order chi connectivity index (χ0) is 18.7. The number of carbonyl (C=O) groups excluding carboxylic acids is 1. The third-order valence-corrected chi connectivity index (χ3v) is 5.30. The summed E-state index contributed by atoms with van der Waals surface area (Å²) in [5, 5.41) is 9.45. The molecule has 0 saturated carbocycles. The molecule has 1 aliphatic rings. The first-order chi connectivity index (χ1) is 12.5. The summed E-state index contributed by atoms with van der Waals surface area (Å²) in [5.74, 6) is 0.184. The molecule has 0 aliphatic carbocycles. The zero-order valence-electron chi connectivity index (χ0n) is 15.8. The molecular weight excluding hydrogens is 352 g/mol. The van der Waals surface area contributed by atoms with E-state index in [2.05, 4.69) is 35.1 Å². The number of carbonyl (C=O) groups is 1. The van der Waals surface area contributed by atoms with Crippen LogP contribution < -0.4 is 0 Å². The van der Waals surface area contributed by atoms with Crippen LogP contribution in [-0.4, -0.2) is 61.4 Å². The largest absolute Gasteiger partial charge is 0.340 e. The number of aromatic nitrogens is 4. The first kappa shape index (κ1) is 18.9. The maximum absolute atomic E-state index is 12.4. The minimum atomic E-state index is 0.184. The Kier molecular flexibility index (Phi) is 5.98. The van der Waals surface area contributed by atoms with Crippen LogP contribution >= 0.6 is 11.6 Å². The van der Waals surface area contributed by atoms with Crippen LogP contribution in [0.3, 0.4) is 0 Å². The molecule has 8 heteroatoms. The molecule has 1 amide bonds. The number of nitrogens with zero attached hydrogens (tertiary/aromatic N) is 6. The van der Waals surface area contributed by atoms with Crippen molar-refractivity contribution in [1.29, 1.82) is 0 Å². The Labute approximate surface area is 159 Å². The van der Waals surface area contributed by atoms with Gasteiger partial charge in [-0.2, -0.15) is 10.2 Å². The molecule has 1 saturated heterocycles. The molecule has 2 aromatic heterocycles. The number of amides is 1. The third-order valence-electron chi connectivity index (χ3n) is 4.93. The normalized spacial score (nSPS) is 15.6. The molecule has 1 aliphatic heterocycles. The Hall–Kier alpha value is -1.86. The predicted molar refractivity (Wildman–Crippen MR) is 101 cm³/mol. The van der Waals surface area contributed by atoms with Gasteiger partial charge >= 0.3 is 0 Å². The fraction of sp³-hybridized carbons (Fsp3) is 0.611. The Balaban J connectivity index is 1.45. The average molecular weight is 379 g/mol. The molecule has 0 atom stereocenters. The van der Waals surface area contributed by atoms with Gasteiger partial charge in [-0.15, -0.1) is 0 Å². The first-order valence-corrected chi connectivity index (χ1v) is 9.56. The highest BCUT2D eigenvalue weighted by molar-refractivity contribution is 6.31. The van der Waals surface area contributed by atoms with Gasteiger partial charge in [-0.05, 0) is 20.8 Å². The Morgan fingerprint density at radius 2 is 1.77 bits per heavy atom. The molecule has 142 valence electrons. The lowest BCUT2D eigenvalue weighted by Gasteiger charge is -2.34. The molecule has 1 fully saturated rings. The Morgan fingerprint density at radius 3 is 2.35 bits per heavy atom. The number of piperazine rings is 1. The standard InChI is InChI=1S/C18H27ClN6O/c1-4-24-12-16(14(2)20-24)11-22-7-9-23(10-8-22)18(26)5-6-25-13-17(19)15(3)21-25/h12-13H,4-11H2,1-3H3. The van der Waals surface area contributed by atoms with Crippen molar-refractivity contribution in [3.05, 3.63) is 34.4 Å². The van der Waals surface area contributed by atoms with Crippen molar-refractivity contribution in [2.24, 2.45) is 0 Å². The summed E-state index contributed by atoms with van der Waals surface area (Å²) in [6.07, 6.45) is 4.37. The summed E-state index contributed by atoms with van der Waals surface area (Å²) in [5.41, 5.74) is 3.17. The van der Waals surface area contributed by atoms with Crippen molar-refractivity contribution < 1.29 is 4.79 Å². The van der Waals surface area contributed by atoms with Gasteiger partial charge in [-0.25, -0.2) is 0 Å². The predicted octanol–water partition coefficient (Wildman–Crippen LogP) is 2.10. The summed E-state index contributed by atoms with van der Waals surface area (Å²) in [4.78, 5) is 16.8. The van der Waals surface area contributed by atoms with Gasteiger partial charge in [-0.1, -0.05) is 11.6 Å². The van der Waals surface area contributed by atoms with Crippen LogP contribution in [0, 0.1) is 13.8 Å². The molecule has 7 nitrogen and oxygen atoms in total. The van der Waals surface area contributed by atoms with Crippen LogP contribution in [0.2, 0.25) is 5.02 Å². The molecular formula is C18H27ClN6O. The van der Waals surface area contributed by atoms with Crippen molar-refractivity contribution in [2.45, 2.75) is 46.8 Å². The molecule has 0 aromatic carbocycles. The fourth-order valence-corrected chi connectivity index (χ4v) is 3.40. The molecule has 3 rings (SSSR count). The minimum absolute atomic E-state index is 0.184. The van der Waals surface area contributed by atoms with Crippen molar-refractivity contribution >= 4 is 17.5 Å². The molecule has 3 heterocycles. The van der Waals surface area contributed by atoms with Crippen molar-refractivity contribution in [3.63, 3.8) is 0 Å². The minimum Gasteiger partial charge on any atom is -0.340 e. The number of hydrogen-bond donors (Lipinski definition) is 0. The lowest BCUT2D eigenvalue weighted by atomic mass is 10.2. The van der Waals surface area contributed by atoms with E-state index < -0.39 is 0 Å². The van der Waals surface area contributed by atoms with Crippen LogP contribution in [0.1, 0.15) is 30.3 Å². The summed E-state index contributed by atoms with van der Waals surface area (Å²) in [7, 11) is 0. The molecule has 0 bridgehead atoms. The van der Waals surface area contributed by atoms with Crippen LogP contribution in [-0.2, 0) is 24.4 Å². The zero-order valence-corrected chi connectivity index (χ0v) is 16.5. The van der Waals surface area contributed by atoms with Gasteiger partial charge in [0.25, 0.3) is 0 Å². The smallest absolute Gasteiger partial charge is 0.224 e. The van der Waals surface area contributed by atoms with Gasteiger partial charge in [0.1, 0.15) is 0 Å². The molecule has 0 spiro atoms. The molecule has 0 radical (unpaired) electrons. The van der Waals surface area contributed by atoms with E-state index in [0.717, 1.165) is 50.7 Å². The summed E-state index contributed by atoms with van der Waals surface area (Å²) in [6.45, 7) is 11.7. The molecule has 0 N–H and O–H groups in total. The van der Waals surface area contributed by atoms with Crippen LogP contribution in [0.5, 0.6) is 0 Å². The van der Waals surface area contributed by atoms with E-state index in [1.165, 1.54) is 5.56 Å². The molecule has 2 aromatic rings. The summed E-state index contributed by atoms with van der Waals surface area (Å²) >= 11 is 6.01. The van der Waals surface area contributed by atoms with Crippen molar-refractivity contribution in [2.75, 3.05) is 26.2 Å². The van der Waals surface area contributed by atoms with Gasteiger partial charge in [0.15, 0.2) is 0 Å². The van der Waals surface area contributed by atoms with Gasteiger partial charge in [0, 0.05) is 70.2 Å². The SMILES string of the molecule is CCn1cc(CN2CCN(C(=O)CCn3cc(Cl)c(C)n3)CC2)c(C)n1. The van der Waals surface area contributed by atoms with Gasteiger partial charge < -0.3 is 4.90 Å². The maximum atomic E-state index is 12.4. The highest BCUT2D eigenvalue weighted by Crippen LogP contribution is 2.14. The van der Waals surface area contributed by atoms with Gasteiger partial charge in [0.2, 0.25) is 5.91 Å². The maximum Gasteiger partial charge on any atom is 0.224 e. The van der Waals surface area contributed by atoms with E-state index in [4.69, 9.17) is 11.6 Å². The van der Waals surface area contributed by atoms with E-state index in [1.807, 2.05) is 16.5 Å². The fourth-order valence-electron chi connectivity index (χ4n) is 3.25. The van der Waals surface area contributed by atoms with E-state index in [9.17, 15) is 4.79 Å². The number of halogens is 1. The number of hydrogen-bond acceptors (Lipinski definition) is 4. The second kappa shape index (κ2) is 8.22. The summed E-state index contributed by atoms with van der Waals surface area (Å²) < 4.78 is 3.73. The topological polar surface area (TPSA) is 59.2 Å². The first-order valence-electron chi connectivity index (χ1n) is 9.19. The van der Waals surface area contributed by atoms with E-state index in [0.29, 0.717) is 18.0 Å². The highest BCUT2D eigenvalue weighted by atomic mass is 35.5. The van der Waals surface area contributed by atoms with E-state index >= 15 is 0 Å². The van der Waals surface area contributed by atoms with Crippen molar-refractivity contribution in [3.8, 4) is 0 Å². The third kappa shape index (κ3) is 4.45. The van der Waals surface area contributed by atoms with Gasteiger partial charge in [-0.3, -0.25) is 19.1 Å². The second-order valence-corrected chi connectivity index (χ2v) is 7.24. The lowest BCUT2D eigenvalue weighted by molar-refractivity contribution is -0.133. The average Bonchev–Trinajstić information content (AvgIpc) is 3.15. The van der Waals surface area contributed by atoms with E-state index in [1.54, 1.807) is 10.9 Å². The highest BCUT2D eigenvalue weighted by Gasteiger charge is 2.22. The monoisotopic (exact) mass is 378 g/mol. The van der Waals surface area contributed by atoms with Crippen LogP contribution in [0.15, 0.2) is 12.4 Å². The van der Waals surface area contributed by atoms with Crippen molar-refractivity contribution in [1.82, 2.24) is 29.4 Å². The second-order valence-electron chi connectivity index (χ2n) is 6.83. The quantitative estimate of drug-likeness (QED) is 0.772. The van der Waals surface area contributed by atoms with Gasteiger partial charge in [0.05, 0.1) is 16.4 Å². The molecule has 26 heavy (non-hydrogen) atoms. The summed E-state index contributed by atoms with van der Waals surface area (Å²) in [6, 6.07) is 0. The van der Waals surface area contributed by atoms with Crippen LogP contribution in [0.25, 0.3) is 0 Å². The van der Waals surface area contributed by atoms with E-state index in [-0.39, 0.29) is 5.91 Å². The van der Waals surface area contributed by atoms with Crippen LogP contribution in [0.4, 0.5) is 0 Å². The molecule has 0 unspecified atom stereocenters. The number of rotatable bonds is 6. The Bertz CT molecular complexity index is 740.